The molecule has 1 fully saturated rings. The Morgan fingerprint density at radius 2 is 1.90 bits per heavy atom. The number of carbonyl (C=O) groups is 1. The lowest BCUT2D eigenvalue weighted by Gasteiger charge is -2.31. The minimum Gasteiger partial charge on any atom is -0.349 e. The second-order valence-corrected chi connectivity index (χ2v) is 5.91. The predicted octanol–water partition coefficient (Wildman–Crippen LogP) is 1.71. The Morgan fingerprint density at radius 1 is 1.30 bits per heavy atom. The summed E-state index contributed by atoms with van der Waals surface area (Å²) >= 11 is 0. The monoisotopic (exact) mass is 275 g/mol. The number of hydrogen-bond donors (Lipinski definition) is 3. The van der Waals surface area contributed by atoms with E-state index in [1.54, 1.807) is 0 Å². The molecule has 1 aliphatic carbocycles. The van der Waals surface area contributed by atoms with Gasteiger partial charge in [-0.2, -0.15) is 0 Å². The fourth-order valence-corrected chi connectivity index (χ4v) is 2.93. The van der Waals surface area contributed by atoms with Gasteiger partial charge in [0.1, 0.15) is 0 Å². The van der Waals surface area contributed by atoms with E-state index in [1.165, 1.54) is 0 Å². The number of amides is 1. The molecule has 1 amide bonds. The second kappa shape index (κ2) is 6.37. The smallest absolute Gasteiger partial charge is 0.225 e. The van der Waals surface area contributed by atoms with Gasteiger partial charge in [-0.15, -0.1) is 0 Å². The van der Waals surface area contributed by atoms with Gasteiger partial charge in [-0.3, -0.25) is 4.79 Å². The molecule has 1 aromatic carbocycles. The summed E-state index contributed by atoms with van der Waals surface area (Å²) in [7, 11) is 0. The maximum absolute atomic E-state index is 12.4. The van der Waals surface area contributed by atoms with E-state index in [0.717, 1.165) is 31.2 Å². The van der Waals surface area contributed by atoms with Crippen molar-refractivity contribution < 1.29 is 4.79 Å². The maximum atomic E-state index is 12.4. The molecule has 2 atom stereocenters. The Balaban J connectivity index is 2.01. The summed E-state index contributed by atoms with van der Waals surface area (Å²) in [5, 5.41) is 3.15. The molecule has 2 rings (SSSR count). The maximum Gasteiger partial charge on any atom is 0.225 e. The van der Waals surface area contributed by atoms with E-state index in [4.69, 9.17) is 11.5 Å². The minimum atomic E-state index is -0.285. The van der Waals surface area contributed by atoms with E-state index in [9.17, 15) is 4.79 Å². The molecule has 0 radical (unpaired) electrons. The first-order chi connectivity index (χ1) is 9.58. The summed E-state index contributed by atoms with van der Waals surface area (Å²) in [6, 6.07) is 9.47. The summed E-state index contributed by atoms with van der Waals surface area (Å²) in [5.41, 5.74) is 12.8. The summed E-state index contributed by atoms with van der Waals surface area (Å²) in [6.45, 7) is 2.39. The highest BCUT2D eigenvalue weighted by Gasteiger charge is 2.35. The third kappa shape index (κ3) is 3.19. The molecule has 2 unspecified atom stereocenters. The Bertz CT molecular complexity index is 440. The molecule has 1 saturated carbocycles. The lowest BCUT2D eigenvalue weighted by atomic mass is 9.92. The van der Waals surface area contributed by atoms with Crippen LogP contribution in [-0.2, 0) is 4.79 Å². The number of rotatable bonds is 5. The van der Waals surface area contributed by atoms with Crippen molar-refractivity contribution in [2.75, 3.05) is 6.54 Å². The van der Waals surface area contributed by atoms with Crippen molar-refractivity contribution in [1.82, 2.24) is 5.32 Å². The summed E-state index contributed by atoms with van der Waals surface area (Å²) in [5.74, 6) is -0.255. The fraction of sp³-hybridized carbons (Fsp3) is 0.562. The van der Waals surface area contributed by atoms with Crippen molar-refractivity contribution in [2.45, 2.75) is 44.2 Å². The molecule has 5 N–H and O–H groups in total. The summed E-state index contributed by atoms with van der Waals surface area (Å²) in [4.78, 5) is 12.4. The molecule has 0 aliphatic heterocycles. The molecule has 0 saturated heterocycles. The van der Waals surface area contributed by atoms with Crippen LogP contribution in [0.4, 0.5) is 0 Å². The van der Waals surface area contributed by atoms with Crippen molar-refractivity contribution in [2.24, 2.45) is 17.4 Å². The average molecular weight is 275 g/mol. The van der Waals surface area contributed by atoms with Gasteiger partial charge in [0.15, 0.2) is 0 Å². The van der Waals surface area contributed by atoms with Crippen LogP contribution >= 0.6 is 0 Å². The molecule has 1 aromatic rings. The molecule has 110 valence electrons. The van der Waals surface area contributed by atoms with Crippen LogP contribution in [0.3, 0.4) is 0 Å². The molecular weight excluding hydrogens is 250 g/mol. The standard InChI is InChI=1S/C16H25N3O/c1-12(14(18)13-7-3-2-4-8-13)15(20)19-16(11-17)9-5-6-10-16/h2-4,7-8,12,14H,5-6,9-11,17-18H2,1H3,(H,19,20). The highest BCUT2D eigenvalue weighted by atomic mass is 16.2. The zero-order chi connectivity index (χ0) is 14.6. The third-order valence-electron chi connectivity index (χ3n) is 4.48. The van der Waals surface area contributed by atoms with Gasteiger partial charge in [0, 0.05) is 12.6 Å². The van der Waals surface area contributed by atoms with Gasteiger partial charge in [-0.25, -0.2) is 0 Å². The van der Waals surface area contributed by atoms with Crippen molar-refractivity contribution in [1.29, 1.82) is 0 Å². The normalized spacial score (nSPS) is 20.4. The Kier molecular flexibility index (Phi) is 4.78. The van der Waals surface area contributed by atoms with Crippen LogP contribution in [-0.4, -0.2) is 18.0 Å². The van der Waals surface area contributed by atoms with E-state index in [2.05, 4.69) is 5.32 Å². The SMILES string of the molecule is CC(C(=O)NC1(CN)CCCC1)C(N)c1ccccc1. The van der Waals surface area contributed by atoms with Crippen molar-refractivity contribution >= 4 is 5.91 Å². The first kappa shape index (κ1) is 15.0. The Labute approximate surface area is 120 Å². The number of nitrogens with two attached hydrogens (primary N) is 2. The summed E-state index contributed by atoms with van der Waals surface area (Å²) in [6.07, 6.45) is 4.22. The van der Waals surface area contributed by atoms with Crippen molar-refractivity contribution in [3.8, 4) is 0 Å². The van der Waals surface area contributed by atoms with Crippen LogP contribution in [0.25, 0.3) is 0 Å². The van der Waals surface area contributed by atoms with E-state index >= 15 is 0 Å². The third-order valence-corrected chi connectivity index (χ3v) is 4.48. The lowest BCUT2D eigenvalue weighted by Crippen LogP contribution is -2.54. The van der Waals surface area contributed by atoms with Crippen LogP contribution in [0.5, 0.6) is 0 Å². The van der Waals surface area contributed by atoms with Crippen LogP contribution < -0.4 is 16.8 Å². The molecule has 1 aliphatic rings. The Hall–Kier alpha value is -1.39. The van der Waals surface area contributed by atoms with Crippen LogP contribution in [0.1, 0.15) is 44.2 Å². The molecule has 0 spiro atoms. The largest absolute Gasteiger partial charge is 0.349 e. The molecule has 0 heterocycles. The van der Waals surface area contributed by atoms with Gasteiger partial charge in [-0.05, 0) is 18.4 Å². The highest BCUT2D eigenvalue weighted by Crippen LogP contribution is 2.29. The molecule has 0 bridgehead atoms. The Morgan fingerprint density at radius 3 is 2.45 bits per heavy atom. The summed E-state index contributed by atoms with van der Waals surface area (Å²) < 4.78 is 0. The number of carbonyl (C=O) groups excluding carboxylic acids is 1. The van der Waals surface area contributed by atoms with Gasteiger partial charge in [0.05, 0.1) is 11.5 Å². The predicted molar refractivity (Wildman–Crippen MR) is 80.9 cm³/mol. The quantitative estimate of drug-likeness (QED) is 0.765. The fourth-order valence-electron chi connectivity index (χ4n) is 2.93. The number of benzene rings is 1. The highest BCUT2D eigenvalue weighted by molar-refractivity contribution is 5.80. The molecule has 0 aromatic heterocycles. The minimum absolute atomic E-state index is 0.00806. The van der Waals surface area contributed by atoms with E-state index in [-0.39, 0.29) is 23.4 Å². The zero-order valence-electron chi connectivity index (χ0n) is 12.1. The van der Waals surface area contributed by atoms with Crippen LogP contribution in [0.2, 0.25) is 0 Å². The van der Waals surface area contributed by atoms with Crippen LogP contribution in [0.15, 0.2) is 30.3 Å². The first-order valence-corrected chi connectivity index (χ1v) is 7.41. The lowest BCUT2D eigenvalue weighted by molar-refractivity contribution is -0.127. The van der Waals surface area contributed by atoms with E-state index < -0.39 is 0 Å². The topological polar surface area (TPSA) is 81.1 Å². The number of hydrogen-bond acceptors (Lipinski definition) is 3. The van der Waals surface area contributed by atoms with Crippen LogP contribution in [0, 0.1) is 5.92 Å². The van der Waals surface area contributed by atoms with Crippen molar-refractivity contribution in [3.63, 3.8) is 0 Å². The van der Waals surface area contributed by atoms with Gasteiger partial charge < -0.3 is 16.8 Å². The van der Waals surface area contributed by atoms with E-state index in [0.29, 0.717) is 6.54 Å². The van der Waals surface area contributed by atoms with Gasteiger partial charge in [-0.1, -0.05) is 50.1 Å². The average Bonchev–Trinajstić information content (AvgIpc) is 2.95. The van der Waals surface area contributed by atoms with Gasteiger partial charge >= 0.3 is 0 Å². The van der Waals surface area contributed by atoms with Gasteiger partial charge in [0.2, 0.25) is 5.91 Å². The molecule has 20 heavy (non-hydrogen) atoms. The zero-order valence-corrected chi connectivity index (χ0v) is 12.1. The molecular formula is C16H25N3O. The number of nitrogens with one attached hydrogen (secondary N) is 1. The van der Waals surface area contributed by atoms with E-state index in [1.807, 2.05) is 37.3 Å². The van der Waals surface area contributed by atoms with Crippen molar-refractivity contribution in [3.05, 3.63) is 35.9 Å². The first-order valence-electron chi connectivity index (χ1n) is 7.41. The second-order valence-electron chi connectivity index (χ2n) is 5.91. The van der Waals surface area contributed by atoms with Gasteiger partial charge in [0.25, 0.3) is 0 Å². The molecule has 4 nitrogen and oxygen atoms in total. The molecule has 4 heteroatoms.